The first-order chi connectivity index (χ1) is 5.38. The van der Waals surface area contributed by atoms with E-state index in [4.69, 9.17) is 0 Å². The van der Waals surface area contributed by atoms with Crippen LogP contribution in [-0.4, -0.2) is 6.29 Å². The van der Waals surface area contributed by atoms with Crippen LogP contribution in [0.25, 0.3) is 0 Å². The van der Waals surface area contributed by atoms with Gasteiger partial charge in [-0.1, -0.05) is 6.58 Å². The highest BCUT2D eigenvalue weighted by Crippen LogP contribution is 2.23. The third kappa shape index (κ3) is 2.10. The van der Waals surface area contributed by atoms with E-state index in [0.717, 1.165) is 16.1 Å². The molecule has 1 aromatic heterocycles. The molecular weight excluding hydrogens is 178 g/mol. The van der Waals surface area contributed by atoms with Crippen LogP contribution in [0.4, 0.5) is 0 Å². The third-order valence-electron chi connectivity index (χ3n) is 1.02. The maximum absolute atomic E-state index is 10.4. The minimum Gasteiger partial charge on any atom is -0.333 e. The number of thiophene rings is 1. The number of rotatable bonds is 4. The summed E-state index contributed by atoms with van der Waals surface area (Å²) in [7, 11) is 0. The Bertz CT molecular complexity index is 257. The van der Waals surface area contributed by atoms with Crippen LogP contribution in [0.15, 0.2) is 29.1 Å². The van der Waals surface area contributed by atoms with E-state index in [2.05, 4.69) is 11.3 Å². The molecule has 0 saturated carbocycles. The van der Waals surface area contributed by atoms with E-state index in [-0.39, 0.29) is 0 Å². The van der Waals surface area contributed by atoms with Crippen molar-refractivity contribution in [2.24, 2.45) is 0 Å². The number of aldehydes is 1. The highest BCUT2D eigenvalue weighted by molar-refractivity contribution is 7.97. The van der Waals surface area contributed by atoms with Crippen LogP contribution in [0.2, 0.25) is 0 Å². The van der Waals surface area contributed by atoms with Crippen molar-refractivity contribution in [2.75, 3.05) is 0 Å². The van der Waals surface area contributed by atoms with Crippen molar-refractivity contribution in [3.63, 3.8) is 0 Å². The molecule has 0 atom stereocenters. The molecule has 0 spiro atoms. The molecule has 0 aliphatic carbocycles. The Morgan fingerprint density at radius 1 is 1.73 bits per heavy atom. The topological polar surface area (TPSA) is 29.1 Å². The second-order valence-corrected chi connectivity index (χ2v) is 3.52. The fourth-order valence-corrected chi connectivity index (χ4v) is 2.03. The van der Waals surface area contributed by atoms with Crippen molar-refractivity contribution in [3.8, 4) is 0 Å². The summed E-state index contributed by atoms with van der Waals surface area (Å²) in [6.45, 7) is 3.50. The molecule has 0 aliphatic heterocycles. The zero-order chi connectivity index (χ0) is 8.10. The van der Waals surface area contributed by atoms with Crippen LogP contribution in [0, 0.1) is 0 Å². The lowest BCUT2D eigenvalue weighted by Gasteiger charge is -1.95. The molecule has 0 fully saturated rings. The van der Waals surface area contributed by atoms with E-state index in [1.165, 1.54) is 23.3 Å². The summed E-state index contributed by atoms with van der Waals surface area (Å²) in [5.74, 6) is 0. The van der Waals surface area contributed by atoms with Crippen LogP contribution in [0.5, 0.6) is 0 Å². The van der Waals surface area contributed by atoms with E-state index in [0.29, 0.717) is 0 Å². The van der Waals surface area contributed by atoms with E-state index >= 15 is 0 Å². The predicted molar refractivity (Wildman–Crippen MR) is 48.9 cm³/mol. The third-order valence-corrected chi connectivity index (χ3v) is 2.85. The van der Waals surface area contributed by atoms with Gasteiger partial charge in [-0.3, -0.25) is 4.79 Å². The lowest BCUT2D eigenvalue weighted by atomic mass is 10.5. The van der Waals surface area contributed by atoms with Crippen LogP contribution in [0.1, 0.15) is 9.67 Å². The Hall–Kier alpha value is -0.740. The summed E-state index contributed by atoms with van der Waals surface area (Å²) in [6.07, 6.45) is 2.44. The van der Waals surface area contributed by atoms with Gasteiger partial charge in [-0.05, 0) is 23.4 Å². The molecule has 1 rings (SSSR count). The van der Waals surface area contributed by atoms with Crippen molar-refractivity contribution < 1.29 is 4.79 Å². The first-order valence-corrected chi connectivity index (χ1v) is 4.64. The summed E-state index contributed by atoms with van der Waals surface area (Å²) >= 11 is 2.83. The van der Waals surface area contributed by atoms with Gasteiger partial charge in [0.25, 0.3) is 0 Å². The molecule has 0 aromatic carbocycles. The van der Waals surface area contributed by atoms with Gasteiger partial charge >= 0.3 is 0 Å². The maximum atomic E-state index is 10.4. The zero-order valence-electron chi connectivity index (χ0n) is 5.74. The smallest absolute Gasteiger partial charge is 0.161 e. The van der Waals surface area contributed by atoms with Gasteiger partial charge in [0.2, 0.25) is 0 Å². The number of nitrogens with one attached hydrogen (secondary N) is 1. The van der Waals surface area contributed by atoms with Crippen molar-refractivity contribution >= 4 is 29.6 Å². The van der Waals surface area contributed by atoms with E-state index in [1.807, 2.05) is 11.4 Å². The fraction of sp³-hybridized carbons (Fsp3) is 0. The van der Waals surface area contributed by atoms with Gasteiger partial charge in [0.05, 0.1) is 4.88 Å². The molecule has 0 saturated heterocycles. The monoisotopic (exact) mass is 185 g/mol. The Labute approximate surface area is 73.4 Å². The van der Waals surface area contributed by atoms with Crippen molar-refractivity contribution in [2.45, 2.75) is 4.90 Å². The molecule has 1 aromatic rings. The highest BCUT2D eigenvalue weighted by atomic mass is 32.2. The molecular formula is C7H7NOS2. The van der Waals surface area contributed by atoms with Gasteiger partial charge in [0, 0.05) is 11.1 Å². The maximum Gasteiger partial charge on any atom is 0.161 e. The average Bonchev–Trinajstić information content (AvgIpc) is 2.47. The van der Waals surface area contributed by atoms with Crippen LogP contribution >= 0.6 is 23.3 Å². The summed E-state index contributed by atoms with van der Waals surface area (Å²) in [5, 5.41) is 1.89. The number of hydrogen-bond donors (Lipinski definition) is 1. The Morgan fingerprint density at radius 2 is 2.55 bits per heavy atom. The van der Waals surface area contributed by atoms with Gasteiger partial charge in [-0.2, -0.15) is 0 Å². The lowest BCUT2D eigenvalue weighted by Crippen LogP contribution is -1.89. The molecule has 0 radical (unpaired) electrons. The normalized spacial score (nSPS) is 9.09. The van der Waals surface area contributed by atoms with Crippen LogP contribution < -0.4 is 4.72 Å². The van der Waals surface area contributed by atoms with Gasteiger partial charge in [-0.25, -0.2) is 0 Å². The van der Waals surface area contributed by atoms with Gasteiger partial charge in [0.1, 0.15) is 0 Å². The van der Waals surface area contributed by atoms with E-state index < -0.39 is 0 Å². The lowest BCUT2D eigenvalue weighted by molar-refractivity contribution is 0.112. The van der Waals surface area contributed by atoms with Gasteiger partial charge in [-0.15, -0.1) is 11.3 Å². The Morgan fingerprint density at radius 3 is 3.18 bits per heavy atom. The van der Waals surface area contributed by atoms with Crippen LogP contribution in [0.3, 0.4) is 0 Å². The molecule has 2 nitrogen and oxygen atoms in total. The second kappa shape index (κ2) is 4.20. The molecule has 0 aliphatic rings. The fourth-order valence-electron chi connectivity index (χ4n) is 0.585. The van der Waals surface area contributed by atoms with Crippen molar-refractivity contribution in [3.05, 3.63) is 29.1 Å². The molecule has 1 heterocycles. The van der Waals surface area contributed by atoms with Crippen molar-refractivity contribution in [1.82, 2.24) is 4.72 Å². The average molecular weight is 185 g/mol. The van der Waals surface area contributed by atoms with Gasteiger partial charge in [0.15, 0.2) is 6.29 Å². The number of carbonyl (C=O) groups excluding carboxylic acids is 1. The highest BCUT2D eigenvalue weighted by Gasteiger charge is 2.01. The minimum atomic E-state index is 0.754. The van der Waals surface area contributed by atoms with Gasteiger partial charge < -0.3 is 4.72 Å². The zero-order valence-corrected chi connectivity index (χ0v) is 7.37. The first kappa shape index (κ1) is 8.36. The van der Waals surface area contributed by atoms with Crippen molar-refractivity contribution in [1.29, 1.82) is 0 Å². The molecule has 0 bridgehead atoms. The van der Waals surface area contributed by atoms with E-state index in [1.54, 1.807) is 6.20 Å². The summed E-state index contributed by atoms with van der Waals surface area (Å²) < 4.78 is 2.85. The SMILES string of the molecule is C=CNSc1ccsc1C=O. The van der Waals surface area contributed by atoms with E-state index in [9.17, 15) is 4.79 Å². The number of carbonyl (C=O) groups is 1. The standard InChI is InChI=1S/C7H7NOS2/c1-2-8-11-6-3-4-10-7(6)5-9/h2-5,8H,1H2. The minimum absolute atomic E-state index is 0.754. The first-order valence-electron chi connectivity index (χ1n) is 2.94. The molecule has 11 heavy (non-hydrogen) atoms. The second-order valence-electron chi connectivity index (χ2n) is 1.69. The Balaban J connectivity index is 2.67. The summed E-state index contributed by atoms with van der Waals surface area (Å²) in [4.78, 5) is 12.1. The number of hydrogen-bond acceptors (Lipinski definition) is 4. The molecule has 58 valence electrons. The molecule has 0 amide bonds. The molecule has 4 heteroatoms. The molecule has 1 N–H and O–H groups in total. The summed E-state index contributed by atoms with van der Waals surface area (Å²) in [5.41, 5.74) is 0. The quantitative estimate of drug-likeness (QED) is 0.576. The molecule has 0 unspecified atom stereocenters. The van der Waals surface area contributed by atoms with Crippen LogP contribution in [-0.2, 0) is 0 Å². The largest absolute Gasteiger partial charge is 0.333 e. The summed E-state index contributed by atoms with van der Waals surface area (Å²) in [6, 6.07) is 1.90. The Kier molecular flexibility index (Phi) is 3.19. The predicted octanol–water partition coefficient (Wildman–Crippen LogP) is 2.30.